The predicted octanol–water partition coefficient (Wildman–Crippen LogP) is 10.9. The lowest BCUT2D eigenvalue weighted by molar-refractivity contribution is 0.444. The maximum atomic E-state index is 15.4. The van der Waals surface area contributed by atoms with Crippen LogP contribution in [0.3, 0.4) is 0 Å². The lowest BCUT2D eigenvalue weighted by Gasteiger charge is -2.13. The maximum absolute atomic E-state index is 15.4. The summed E-state index contributed by atoms with van der Waals surface area (Å²) in [6, 6.07) is 6.96. The fraction of sp³-hybridized carbons (Fsp3) is 0.500. The van der Waals surface area contributed by atoms with Crippen LogP contribution in [0.5, 0.6) is 0 Å². The summed E-state index contributed by atoms with van der Waals surface area (Å²) >= 11 is 4.06. The molecule has 0 radical (unpaired) electrons. The van der Waals surface area contributed by atoms with Crippen molar-refractivity contribution in [2.75, 3.05) is 0 Å². The minimum atomic E-state index is -0.188. The zero-order valence-corrected chi connectivity index (χ0v) is 26.8. The minimum Gasteiger partial charge on any atom is -0.243 e. The molecule has 0 saturated heterocycles. The molecule has 2 atom stereocenters. The van der Waals surface area contributed by atoms with E-state index < -0.39 is 0 Å². The van der Waals surface area contributed by atoms with Crippen molar-refractivity contribution < 1.29 is 8.78 Å². The van der Waals surface area contributed by atoms with Crippen molar-refractivity contribution in [1.29, 1.82) is 0 Å². The molecule has 4 heterocycles. The highest BCUT2D eigenvalue weighted by Gasteiger charge is 2.23. The normalized spacial score (nSPS) is 13.4. The van der Waals surface area contributed by atoms with E-state index in [0.29, 0.717) is 34.3 Å². The second kappa shape index (κ2) is 13.7. The van der Waals surface area contributed by atoms with E-state index in [1.54, 1.807) is 12.1 Å². The number of aromatic nitrogens is 4. The first-order valence-electron chi connectivity index (χ1n) is 14.9. The Morgan fingerprint density at radius 2 is 1.07 bits per heavy atom. The highest BCUT2D eigenvalue weighted by molar-refractivity contribution is 7.16. The molecular formula is C32H38F2N4S3. The summed E-state index contributed by atoms with van der Waals surface area (Å²) in [5.74, 6) is 0.534. The van der Waals surface area contributed by atoms with Crippen molar-refractivity contribution in [2.45, 2.75) is 91.9 Å². The number of hydrogen-bond acceptors (Lipinski definition) is 7. The Balaban J connectivity index is 1.58. The molecule has 41 heavy (non-hydrogen) atoms. The Hall–Kier alpha value is -2.36. The van der Waals surface area contributed by atoms with Crippen LogP contribution in [-0.2, 0) is 12.8 Å². The summed E-state index contributed by atoms with van der Waals surface area (Å²) in [6.45, 7) is 8.75. The molecule has 218 valence electrons. The Bertz CT molecular complexity index is 1490. The first-order chi connectivity index (χ1) is 19.9. The molecule has 0 spiro atoms. The SMILES string of the molecule is CCCCC(CC)Cc1sc(-c2nc3cc4nsnc4cc3nc2-c2cc(F)c(CC(CC)CCCC)s2)cc1F. The zero-order chi connectivity index (χ0) is 28.9. The van der Waals surface area contributed by atoms with Crippen molar-refractivity contribution in [3.05, 3.63) is 45.7 Å². The third kappa shape index (κ3) is 6.83. The van der Waals surface area contributed by atoms with Gasteiger partial charge in [-0.3, -0.25) is 0 Å². The summed E-state index contributed by atoms with van der Waals surface area (Å²) in [5, 5.41) is 0. The first-order valence-corrected chi connectivity index (χ1v) is 17.3. The maximum Gasteiger partial charge on any atom is 0.137 e. The molecule has 9 heteroatoms. The molecule has 0 aliphatic rings. The van der Waals surface area contributed by atoms with Crippen LogP contribution in [0.4, 0.5) is 8.78 Å². The van der Waals surface area contributed by atoms with Crippen LogP contribution in [0, 0.1) is 23.5 Å². The highest BCUT2D eigenvalue weighted by Crippen LogP contribution is 2.41. The number of unbranched alkanes of at least 4 members (excludes halogenated alkanes) is 2. The standard InChI is InChI=1S/C32H38F2N4S3/c1-5-9-11-19(7-3)13-27-21(33)15-29(39-27)31-32(36-24-18-26-25(37-41-38-26)17-23(24)35-31)30-16-22(34)28(40-30)14-20(8-4)12-10-6-2/h15-20H,5-14H2,1-4H3. The van der Waals surface area contributed by atoms with E-state index >= 15 is 8.78 Å². The van der Waals surface area contributed by atoms with Crippen LogP contribution >= 0.6 is 34.4 Å². The van der Waals surface area contributed by atoms with Gasteiger partial charge in [0.25, 0.3) is 0 Å². The van der Waals surface area contributed by atoms with Crippen molar-refractivity contribution >= 4 is 56.5 Å². The summed E-state index contributed by atoms with van der Waals surface area (Å²) in [4.78, 5) is 13.0. The van der Waals surface area contributed by atoms with Gasteiger partial charge in [0.15, 0.2) is 0 Å². The lowest BCUT2D eigenvalue weighted by atomic mass is 9.95. The Labute approximate surface area is 253 Å². The van der Waals surface area contributed by atoms with E-state index in [4.69, 9.17) is 9.97 Å². The van der Waals surface area contributed by atoms with Crippen LogP contribution in [0.15, 0.2) is 24.3 Å². The molecule has 0 saturated carbocycles. The van der Waals surface area contributed by atoms with Crippen LogP contribution < -0.4 is 0 Å². The fourth-order valence-corrected chi connectivity index (χ4v) is 8.21. The smallest absolute Gasteiger partial charge is 0.137 e. The van der Waals surface area contributed by atoms with E-state index in [2.05, 4.69) is 36.4 Å². The van der Waals surface area contributed by atoms with Crippen LogP contribution in [0.1, 0.15) is 88.8 Å². The summed E-state index contributed by atoms with van der Waals surface area (Å²) in [7, 11) is 0. The lowest BCUT2D eigenvalue weighted by Crippen LogP contribution is -2.03. The quantitative estimate of drug-likeness (QED) is 0.125. The molecule has 4 aromatic heterocycles. The molecule has 0 aliphatic heterocycles. The van der Waals surface area contributed by atoms with Gasteiger partial charge in [0.2, 0.25) is 0 Å². The second-order valence-electron chi connectivity index (χ2n) is 11.0. The topological polar surface area (TPSA) is 51.6 Å². The average Bonchev–Trinajstić information content (AvgIpc) is 3.69. The molecular weight excluding hydrogens is 575 g/mol. The number of rotatable bonds is 14. The van der Waals surface area contributed by atoms with Gasteiger partial charge in [-0.15, -0.1) is 22.7 Å². The number of hydrogen-bond donors (Lipinski definition) is 0. The van der Waals surface area contributed by atoms with Crippen LogP contribution in [0.2, 0.25) is 0 Å². The molecule has 1 aromatic carbocycles. The molecule has 2 unspecified atom stereocenters. The largest absolute Gasteiger partial charge is 0.243 e. The van der Waals surface area contributed by atoms with Gasteiger partial charge in [-0.05, 0) is 48.9 Å². The Morgan fingerprint density at radius 3 is 1.46 bits per heavy atom. The van der Waals surface area contributed by atoms with E-state index in [-0.39, 0.29) is 11.6 Å². The summed E-state index contributed by atoms with van der Waals surface area (Å²) < 4.78 is 39.5. The van der Waals surface area contributed by atoms with Gasteiger partial charge >= 0.3 is 0 Å². The van der Waals surface area contributed by atoms with Crippen molar-refractivity contribution in [1.82, 2.24) is 18.7 Å². The van der Waals surface area contributed by atoms with Crippen LogP contribution in [-0.4, -0.2) is 18.7 Å². The molecule has 5 aromatic rings. The van der Waals surface area contributed by atoms with Crippen LogP contribution in [0.25, 0.3) is 43.2 Å². The molecule has 0 amide bonds. The van der Waals surface area contributed by atoms with Crippen molar-refractivity contribution in [2.24, 2.45) is 11.8 Å². The first kappa shape index (κ1) is 30.1. The molecule has 4 nitrogen and oxygen atoms in total. The Kier molecular flexibility index (Phi) is 10.1. The molecule has 5 rings (SSSR count). The van der Waals surface area contributed by atoms with E-state index in [0.717, 1.165) is 106 Å². The molecule has 0 fully saturated rings. The van der Waals surface area contributed by atoms with Gasteiger partial charge in [-0.2, -0.15) is 8.75 Å². The summed E-state index contributed by atoms with van der Waals surface area (Å²) in [6.07, 6.45) is 10.3. The second-order valence-corrected chi connectivity index (χ2v) is 13.8. The highest BCUT2D eigenvalue weighted by atomic mass is 32.1. The van der Waals surface area contributed by atoms with Crippen molar-refractivity contribution in [3.8, 4) is 21.1 Å². The van der Waals surface area contributed by atoms with Gasteiger partial charge in [0.05, 0.1) is 32.5 Å². The number of benzene rings is 1. The Morgan fingerprint density at radius 1 is 0.634 bits per heavy atom. The molecule has 0 bridgehead atoms. The predicted molar refractivity (Wildman–Crippen MR) is 171 cm³/mol. The van der Waals surface area contributed by atoms with E-state index in [1.165, 1.54) is 22.7 Å². The average molecular weight is 613 g/mol. The molecule has 0 aliphatic carbocycles. The zero-order valence-electron chi connectivity index (χ0n) is 24.3. The van der Waals surface area contributed by atoms with E-state index in [1.807, 2.05) is 12.1 Å². The third-order valence-electron chi connectivity index (χ3n) is 8.06. The fourth-order valence-electron chi connectivity index (χ4n) is 5.41. The minimum absolute atomic E-state index is 0.188. The van der Waals surface area contributed by atoms with E-state index in [9.17, 15) is 0 Å². The molecule has 0 N–H and O–H groups in total. The number of fused-ring (bicyclic) bond motifs is 2. The van der Waals surface area contributed by atoms with Gasteiger partial charge in [0, 0.05) is 9.75 Å². The number of nitrogens with zero attached hydrogens (tertiary/aromatic N) is 4. The van der Waals surface area contributed by atoms with Gasteiger partial charge in [-0.25, -0.2) is 18.7 Å². The monoisotopic (exact) mass is 612 g/mol. The van der Waals surface area contributed by atoms with Gasteiger partial charge in [-0.1, -0.05) is 79.1 Å². The number of thiophene rings is 2. The third-order valence-corrected chi connectivity index (χ3v) is 10.9. The number of halogens is 2. The van der Waals surface area contributed by atoms with Gasteiger partial charge < -0.3 is 0 Å². The summed E-state index contributed by atoms with van der Waals surface area (Å²) in [5.41, 5.74) is 4.08. The van der Waals surface area contributed by atoms with Gasteiger partial charge in [0.1, 0.15) is 34.1 Å². The van der Waals surface area contributed by atoms with Crippen molar-refractivity contribution in [3.63, 3.8) is 0 Å².